The fraction of sp³-hybridized carbons (Fsp3) is 0.286. The summed E-state index contributed by atoms with van der Waals surface area (Å²) in [5, 5.41) is 6.00. The van der Waals surface area contributed by atoms with Crippen LogP contribution in [0.1, 0.15) is 37.8 Å². The standard InChI is InChI=1S/C21H23ClN2O4/c1-15(16-7-3-2-4-8-16)23-20(26)14-28-21(27)12-6-11-19(25)24-18-10-5-9-17(22)13-18/h2-5,7-10,13,15H,6,11-12,14H2,1H3,(H,23,26)(H,24,25)/t15-/m1/s1. The fourth-order valence-electron chi connectivity index (χ4n) is 2.51. The second kappa shape index (κ2) is 11.1. The molecule has 0 fully saturated rings. The normalized spacial score (nSPS) is 11.4. The minimum Gasteiger partial charge on any atom is -0.456 e. The third kappa shape index (κ3) is 7.80. The van der Waals surface area contributed by atoms with Crippen molar-refractivity contribution < 1.29 is 19.1 Å². The SMILES string of the molecule is C[C@@H](NC(=O)COC(=O)CCCC(=O)Nc1cccc(Cl)c1)c1ccccc1. The molecule has 0 aliphatic carbocycles. The number of halogens is 1. The highest BCUT2D eigenvalue weighted by Gasteiger charge is 2.12. The Morgan fingerprint density at radius 2 is 1.75 bits per heavy atom. The van der Waals surface area contributed by atoms with Gasteiger partial charge in [-0.2, -0.15) is 0 Å². The Labute approximate surface area is 169 Å². The van der Waals surface area contributed by atoms with Crippen LogP contribution in [0.15, 0.2) is 54.6 Å². The van der Waals surface area contributed by atoms with Gasteiger partial charge in [0, 0.05) is 23.6 Å². The molecule has 0 saturated heterocycles. The second-order valence-corrected chi connectivity index (χ2v) is 6.71. The minimum atomic E-state index is -0.516. The van der Waals surface area contributed by atoms with E-state index in [9.17, 15) is 14.4 Å². The van der Waals surface area contributed by atoms with Crippen LogP contribution in [0.4, 0.5) is 5.69 Å². The van der Waals surface area contributed by atoms with Gasteiger partial charge in [-0.05, 0) is 37.1 Å². The number of hydrogen-bond acceptors (Lipinski definition) is 4. The topological polar surface area (TPSA) is 84.5 Å². The van der Waals surface area contributed by atoms with E-state index in [0.717, 1.165) is 5.56 Å². The van der Waals surface area contributed by atoms with Gasteiger partial charge in [0.25, 0.3) is 5.91 Å². The van der Waals surface area contributed by atoms with Crippen molar-refractivity contribution >= 4 is 35.1 Å². The van der Waals surface area contributed by atoms with Crippen LogP contribution in [0.3, 0.4) is 0 Å². The number of amides is 2. The highest BCUT2D eigenvalue weighted by Crippen LogP contribution is 2.15. The molecule has 0 heterocycles. The van der Waals surface area contributed by atoms with Gasteiger partial charge in [0.15, 0.2) is 6.61 Å². The minimum absolute atomic E-state index is 0.0600. The Bertz CT molecular complexity index is 811. The third-order valence-electron chi connectivity index (χ3n) is 3.93. The molecule has 0 radical (unpaired) electrons. The molecule has 7 heteroatoms. The van der Waals surface area contributed by atoms with E-state index in [2.05, 4.69) is 10.6 Å². The van der Waals surface area contributed by atoms with Crippen molar-refractivity contribution in [2.45, 2.75) is 32.2 Å². The molecule has 0 aliphatic heterocycles. The van der Waals surface area contributed by atoms with Gasteiger partial charge in [-0.3, -0.25) is 14.4 Å². The average Bonchev–Trinajstić information content (AvgIpc) is 2.67. The summed E-state index contributed by atoms with van der Waals surface area (Å²) in [6.45, 7) is 1.51. The van der Waals surface area contributed by atoms with Crippen molar-refractivity contribution in [1.29, 1.82) is 0 Å². The van der Waals surface area contributed by atoms with Crippen LogP contribution >= 0.6 is 11.6 Å². The smallest absolute Gasteiger partial charge is 0.306 e. The molecule has 1 atom stereocenters. The number of rotatable bonds is 9. The van der Waals surface area contributed by atoms with Gasteiger partial charge >= 0.3 is 5.97 Å². The Morgan fingerprint density at radius 3 is 2.46 bits per heavy atom. The van der Waals surface area contributed by atoms with Crippen LogP contribution in [-0.4, -0.2) is 24.4 Å². The molecule has 0 aromatic heterocycles. The van der Waals surface area contributed by atoms with E-state index in [-0.39, 0.29) is 37.3 Å². The van der Waals surface area contributed by atoms with Crippen LogP contribution in [0, 0.1) is 0 Å². The summed E-state index contributed by atoms with van der Waals surface area (Å²) in [7, 11) is 0. The van der Waals surface area contributed by atoms with E-state index in [1.54, 1.807) is 24.3 Å². The van der Waals surface area contributed by atoms with Crippen molar-refractivity contribution in [1.82, 2.24) is 5.32 Å². The highest BCUT2D eigenvalue weighted by molar-refractivity contribution is 6.30. The van der Waals surface area contributed by atoms with Gasteiger partial charge < -0.3 is 15.4 Å². The predicted molar refractivity (Wildman–Crippen MR) is 108 cm³/mol. The quantitative estimate of drug-likeness (QED) is 0.623. The maximum absolute atomic E-state index is 11.9. The lowest BCUT2D eigenvalue weighted by Crippen LogP contribution is -2.31. The molecule has 2 rings (SSSR count). The number of nitrogens with one attached hydrogen (secondary N) is 2. The monoisotopic (exact) mass is 402 g/mol. The van der Waals surface area contributed by atoms with Gasteiger partial charge in [0.2, 0.25) is 5.91 Å². The highest BCUT2D eigenvalue weighted by atomic mass is 35.5. The Balaban J connectivity index is 1.61. The van der Waals surface area contributed by atoms with E-state index in [0.29, 0.717) is 17.1 Å². The number of esters is 1. The average molecular weight is 403 g/mol. The zero-order valence-electron chi connectivity index (χ0n) is 15.6. The number of hydrogen-bond donors (Lipinski definition) is 2. The number of ether oxygens (including phenoxy) is 1. The van der Waals surface area contributed by atoms with Crippen molar-refractivity contribution in [2.75, 3.05) is 11.9 Å². The molecule has 0 spiro atoms. The first-order chi connectivity index (χ1) is 13.4. The summed E-state index contributed by atoms with van der Waals surface area (Å²) >= 11 is 5.86. The summed E-state index contributed by atoms with van der Waals surface area (Å²) < 4.78 is 4.96. The van der Waals surface area contributed by atoms with Crippen molar-refractivity contribution in [3.8, 4) is 0 Å². The number of benzene rings is 2. The molecule has 2 amide bonds. The lowest BCUT2D eigenvalue weighted by atomic mass is 10.1. The summed E-state index contributed by atoms with van der Waals surface area (Å²) in [5.74, 6) is -1.11. The number of carbonyl (C=O) groups is 3. The van der Waals surface area contributed by atoms with Crippen molar-refractivity contribution in [3.05, 3.63) is 65.2 Å². The Morgan fingerprint density at radius 1 is 1.00 bits per heavy atom. The second-order valence-electron chi connectivity index (χ2n) is 6.27. The number of carbonyl (C=O) groups excluding carboxylic acids is 3. The molecule has 0 aliphatic rings. The summed E-state index contributed by atoms with van der Waals surface area (Å²) in [6, 6.07) is 16.1. The molecule has 2 aromatic rings. The van der Waals surface area contributed by atoms with E-state index < -0.39 is 5.97 Å². The molecule has 6 nitrogen and oxygen atoms in total. The first-order valence-corrected chi connectivity index (χ1v) is 9.37. The zero-order chi connectivity index (χ0) is 20.4. The molecule has 2 N–H and O–H groups in total. The molecule has 0 bridgehead atoms. The van der Waals surface area contributed by atoms with E-state index >= 15 is 0 Å². The van der Waals surface area contributed by atoms with Gasteiger partial charge in [-0.25, -0.2) is 0 Å². The molecule has 28 heavy (non-hydrogen) atoms. The van der Waals surface area contributed by atoms with Crippen LogP contribution in [0.25, 0.3) is 0 Å². The van der Waals surface area contributed by atoms with Gasteiger partial charge in [-0.1, -0.05) is 48.0 Å². The molecule has 0 saturated carbocycles. The molecular formula is C21H23ClN2O4. The maximum atomic E-state index is 11.9. The summed E-state index contributed by atoms with van der Waals surface area (Å²) in [6.07, 6.45) is 0.552. The van der Waals surface area contributed by atoms with Crippen molar-refractivity contribution in [3.63, 3.8) is 0 Å². The fourth-order valence-corrected chi connectivity index (χ4v) is 2.70. The molecule has 148 valence electrons. The van der Waals surface area contributed by atoms with Crippen LogP contribution in [-0.2, 0) is 19.1 Å². The molecular weight excluding hydrogens is 380 g/mol. The third-order valence-corrected chi connectivity index (χ3v) is 4.17. The van der Waals surface area contributed by atoms with Crippen LogP contribution < -0.4 is 10.6 Å². The summed E-state index contributed by atoms with van der Waals surface area (Å²) in [5.41, 5.74) is 1.57. The van der Waals surface area contributed by atoms with Gasteiger partial charge in [0.1, 0.15) is 0 Å². The first kappa shape index (κ1) is 21.4. The van der Waals surface area contributed by atoms with Gasteiger partial charge in [0.05, 0.1) is 6.04 Å². The van der Waals surface area contributed by atoms with Crippen LogP contribution in [0.5, 0.6) is 0 Å². The first-order valence-electron chi connectivity index (χ1n) is 8.99. The van der Waals surface area contributed by atoms with Gasteiger partial charge in [-0.15, -0.1) is 0 Å². The molecule has 0 unspecified atom stereocenters. The Kier molecular flexibility index (Phi) is 8.49. The Hall–Kier alpha value is -2.86. The zero-order valence-corrected chi connectivity index (χ0v) is 16.4. The van der Waals surface area contributed by atoms with Crippen molar-refractivity contribution in [2.24, 2.45) is 0 Å². The molecule has 2 aromatic carbocycles. The lowest BCUT2D eigenvalue weighted by Gasteiger charge is -2.14. The lowest BCUT2D eigenvalue weighted by molar-refractivity contribution is -0.148. The predicted octanol–water partition coefficient (Wildman–Crippen LogP) is 3.87. The summed E-state index contributed by atoms with van der Waals surface area (Å²) in [4.78, 5) is 35.5. The largest absolute Gasteiger partial charge is 0.456 e. The number of anilines is 1. The maximum Gasteiger partial charge on any atom is 0.306 e. The van der Waals surface area contributed by atoms with E-state index in [1.165, 1.54) is 0 Å². The van der Waals surface area contributed by atoms with E-state index in [4.69, 9.17) is 16.3 Å². The van der Waals surface area contributed by atoms with E-state index in [1.807, 2.05) is 37.3 Å². The van der Waals surface area contributed by atoms with Crippen LogP contribution in [0.2, 0.25) is 5.02 Å².